The lowest BCUT2D eigenvalue weighted by Crippen LogP contribution is -2.36. The first-order valence-corrected chi connectivity index (χ1v) is 14.4. The molecule has 0 spiro atoms. The lowest BCUT2D eigenvalue weighted by molar-refractivity contribution is 0.0925. The number of fused-ring (bicyclic) bond motifs is 3. The number of carbonyl (C=O) groups is 2. The summed E-state index contributed by atoms with van der Waals surface area (Å²) in [6, 6.07) is 13.5. The summed E-state index contributed by atoms with van der Waals surface area (Å²) in [7, 11) is 0. The van der Waals surface area contributed by atoms with E-state index < -0.39 is 0 Å². The summed E-state index contributed by atoms with van der Waals surface area (Å²) in [5.74, 6) is 2.88. The minimum Gasteiger partial charge on any atom is -0.352 e. The first-order valence-electron chi connectivity index (χ1n) is 14.4. The third kappa shape index (κ3) is 5.40. The highest BCUT2D eigenvalue weighted by Gasteiger charge is 2.33. The number of H-pyrrole nitrogens is 1. The maximum atomic E-state index is 12.8. The fraction of sp³-hybridized carbons (Fsp3) is 0.469. The van der Waals surface area contributed by atoms with Crippen molar-refractivity contribution in [3.63, 3.8) is 0 Å². The van der Waals surface area contributed by atoms with Crippen LogP contribution in [0.15, 0.2) is 54.1 Å². The molecule has 3 atom stereocenters. The van der Waals surface area contributed by atoms with Gasteiger partial charge in [0.15, 0.2) is 0 Å². The molecule has 0 saturated heterocycles. The van der Waals surface area contributed by atoms with Crippen molar-refractivity contribution < 1.29 is 9.59 Å². The van der Waals surface area contributed by atoms with Crippen molar-refractivity contribution in [2.45, 2.75) is 70.8 Å². The average molecular weight is 511 g/mol. The zero-order valence-corrected chi connectivity index (χ0v) is 22.3. The first-order chi connectivity index (χ1) is 18.5. The van der Waals surface area contributed by atoms with Crippen molar-refractivity contribution in [2.75, 3.05) is 6.54 Å². The Hall–Kier alpha value is -3.41. The van der Waals surface area contributed by atoms with Gasteiger partial charge in [0, 0.05) is 29.3 Å². The van der Waals surface area contributed by atoms with Crippen molar-refractivity contribution in [3.05, 3.63) is 65.2 Å². The summed E-state index contributed by atoms with van der Waals surface area (Å²) in [6.45, 7) is 3.03. The normalized spacial score (nSPS) is 23.3. The van der Waals surface area contributed by atoms with Gasteiger partial charge in [-0.05, 0) is 86.6 Å². The van der Waals surface area contributed by atoms with Crippen LogP contribution in [-0.2, 0) is 0 Å². The van der Waals surface area contributed by atoms with E-state index in [0.717, 1.165) is 47.6 Å². The van der Waals surface area contributed by atoms with Crippen LogP contribution in [0.25, 0.3) is 22.4 Å². The van der Waals surface area contributed by atoms with Crippen molar-refractivity contribution in [2.24, 2.45) is 17.8 Å². The van der Waals surface area contributed by atoms with Crippen LogP contribution in [0.1, 0.15) is 85.4 Å². The predicted molar refractivity (Wildman–Crippen MR) is 151 cm³/mol. The fourth-order valence-electron chi connectivity index (χ4n) is 6.83. The number of rotatable bonds is 7. The van der Waals surface area contributed by atoms with E-state index in [1.807, 2.05) is 42.5 Å². The van der Waals surface area contributed by atoms with Crippen molar-refractivity contribution >= 4 is 22.8 Å². The van der Waals surface area contributed by atoms with Gasteiger partial charge in [0.1, 0.15) is 5.82 Å². The molecule has 6 rings (SSSR count). The molecular weight excluding hydrogens is 472 g/mol. The van der Waals surface area contributed by atoms with E-state index in [9.17, 15) is 9.59 Å². The summed E-state index contributed by atoms with van der Waals surface area (Å²) in [5.41, 5.74) is 5.48. The summed E-state index contributed by atoms with van der Waals surface area (Å²) < 4.78 is 0. The number of nitrogens with zero attached hydrogens (tertiary/aromatic N) is 1. The fourth-order valence-corrected chi connectivity index (χ4v) is 6.83. The Bertz CT molecular complexity index is 1350. The Labute approximate surface area is 224 Å². The molecule has 3 aromatic rings. The Kier molecular flexibility index (Phi) is 7.05. The van der Waals surface area contributed by atoms with Gasteiger partial charge in [-0.3, -0.25) is 9.59 Å². The second kappa shape index (κ2) is 10.8. The third-order valence-corrected chi connectivity index (χ3v) is 8.75. The summed E-state index contributed by atoms with van der Waals surface area (Å²) in [4.78, 5) is 33.6. The number of amides is 2. The van der Waals surface area contributed by atoms with Crippen molar-refractivity contribution in [1.82, 2.24) is 20.6 Å². The quantitative estimate of drug-likeness (QED) is 0.321. The minimum absolute atomic E-state index is 0.0208. The highest BCUT2D eigenvalue weighted by atomic mass is 16.2. The molecule has 3 aliphatic rings. The monoisotopic (exact) mass is 510 g/mol. The van der Waals surface area contributed by atoms with E-state index in [2.05, 4.69) is 28.6 Å². The van der Waals surface area contributed by atoms with Gasteiger partial charge in [-0.2, -0.15) is 0 Å². The van der Waals surface area contributed by atoms with Gasteiger partial charge in [0.25, 0.3) is 11.8 Å². The summed E-state index contributed by atoms with van der Waals surface area (Å²) in [5, 5.41) is 6.30. The molecule has 2 bridgehead atoms. The number of hydrogen-bond acceptors (Lipinski definition) is 3. The Balaban J connectivity index is 1.06. The van der Waals surface area contributed by atoms with Gasteiger partial charge in [0.05, 0.1) is 11.0 Å². The highest BCUT2D eigenvalue weighted by Crippen LogP contribution is 2.45. The highest BCUT2D eigenvalue weighted by molar-refractivity contribution is 5.98. The second-order valence-corrected chi connectivity index (χ2v) is 11.7. The van der Waals surface area contributed by atoms with Crippen LogP contribution in [0.5, 0.6) is 0 Å². The van der Waals surface area contributed by atoms with Crippen LogP contribution in [-0.4, -0.2) is 34.4 Å². The molecule has 2 saturated carbocycles. The second-order valence-electron chi connectivity index (χ2n) is 11.7. The molecule has 198 valence electrons. The Morgan fingerprint density at radius 2 is 1.76 bits per heavy atom. The van der Waals surface area contributed by atoms with Gasteiger partial charge in [0.2, 0.25) is 0 Å². The number of allylic oxidation sites excluding steroid dienone is 2. The first kappa shape index (κ1) is 24.9. The third-order valence-electron chi connectivity index (χ3n) is 8.75. The zero-order valence-electron chi connectivity index (χ0n) is 22.3. The minimum atomic E-state index is -0.0295. The van der Waals surface area contributed by atoms with Crippen LogP contribution < -0.4 is 10.6 Å². The van der Waals surface area contributed by atoms with Crippen LogP contribution in [0.4, 0.5) is 0 Å². The lowest BCUT2D eigenvalue weighted by atomic mass is 9.89. The number of imidazole rings is 1. The zero-order chi connectivity index (χ0) is 26.1. The topological polar surface area (TPSA) is 86.9 Å². The molecule has 0 aliphatic heterocycles. The standard InChI is InChI=1S/C32H38N4O2/c1-20-15-21-17-24(26(16-20)18-21)13-14-33-31(37)23-9-7-22(8-10-23)30-35-28-12-11-25(19-29(28)36-30)32(38)34-27-5-3-2-4-6-27/h7-12,16,19-21,24,27H,2-6,13-15,17-18H2,1H3,(H,33,37)(H,34,38)(H,35,36)/t20?,21-,24-/m0/s1. The molecule has 2 amide bonds. The van der Waals surface area contributed by atoms with Gasteiger partial charge in [-0.15, -0.1) is 0 Å². The van der Waals surface area contributed by atoms with Crippen molar-refractivity contribution in [1.29, 1.82) is 0 Å². The number of aromatic amines is 1. The molecule has 3 aliphatic carbocycles. The molecule has 1 unspecified atom stereocenters. The van der Waals surface area contributed by atoms with Gasteiger partial charge >= 0.3 is 0 Å². The van der Waals surface area contributed by atoms with E-state index in [1.54, 1.807) is 5.57 Å². The number of hydrogen-bond donors (Lipinski definition) is 3. The molecule has 38 heavy (non-hydrogen) atoms. The van der Waals surface area contributed by atoms with E-state index in [0.29, 0.717) is 29.5 Å². The molecule has 6 nitrogen and oxygen atoms in total. The van der Waals surface area contributed by atoms with Crippen LogP contribution in [0, 0.1) is 17.8 Å². The van der Waals surface area contributed by atoms with Gasteiger partial charge < -0.3 is 15.6 Å². The maximum Gasteiger partial charge on any atom is 0.251 e. The average Bonchev–Trinajstić information content (AvgIpc) is 3.48. The molecule has 0 radical (unpaired) electrons. The Morgan fingerprint density at radius 3 is 2.58 bits per heavy atom. The summed E-state index contributed by atoms with van der Waals surface area (Å²) >= 11 is 0. The van der Waals surface area contributed by atoms with E-state index in [1.165, 1.54) is 38.5 Å². The van der Waals surface area contributed by atoms with Crippen LogP contribution in [0.2, 0.25) is 0 Å². The molecular formula is C32H38N4O2. The largest absolute Gasteiger partial charge is 0.352 e. The SMILES string of the molecule is CC1C=C2C[C@@H](C1)C[C@@H]2CCNC(=O)c1ccc(-c2nc3ccc(C(=O)NC4CCCCC4)cc3[nH]2)cc1. The lowest BCUT2D eigenvalue weighted by Gasteiger charge is -2.22. The molecule has 6 heteroatoms. The number of benzene rings is 2. The van der Waals surface area contributed by atoms with Crippen LogP contribution >= 0.6 is 0 Å². The Morgan fingerprint density at radius 1 is 0.974 bits per heavy atom. The number of aromatic nitrogens is 2. The predicted octanol–water partition coefficient (Wildman–Crippen LogP) is 6.40. The smallest absolute Gasteiger partial charge is 0.251 e. The van der Waals surface area contributed by atoms with E-state index in [4.69, 9.17) is 4.98 Å². The molecule has 1 heterocycles. The van der Waals surface area contributed by atoms with Crippen LogP contribution in [0.3, 0.4) is 0 Å². The number of nitrogens with one attached hydrogen (secondary N) is 3. The van der Waals surface area contributed by atoms with Gasteiger partial charge in [-0.1, -0.05) is 50.0 Å². The van der Waals surface area contributed by atoms with E-state index in [-0.39, 0.29) is 17.9 Å². The molecule has 3 N–H and O–H groups in total. The number of carbonyl (C=O) groups excluding carboxylic acids is 2. The van der Waals surface area contributed by atoms with E-state index >= 15 is 0 Å². The molecule has 1 aromatic heterocycles. The maximum absolute atomic E-state index is 12.8. The van der Waals surface area contributed by atoms with Crippen molar-refractivity contribution in [3.8, 4) is 11.4 Å². The summed E-state index contributed by atoms with van der Waals surface area (Å²) in [6.07, 6.45) is 13.1. The molecule has 2 fully saturated rings. The van der Waals surface area contributed by atoms with Gasteiger partial charge in [-0.25, -0.2) is 4.98 Å². The molecule has 2 aromatic carbocycles.